The molecular formula is C19H20F3N3O3. The van der Waals surface area contributed by atoms with Crippen LogP contribution in [0.25, 0.3) is 0 Å². The lowest BCUT2D eigenvalue weighted by atomic mass is 9.98. The number of rotatable bonds is 8. The predicted molar refractivity (Wildman–Crippen MR) is 99.1 cm³/mol. The molecule has 0 radical (unpaired) electrons. The first-order chi connectivity index (χ1) is 13.2. The van der Waals surface area contributed by atoms with Crippen molar-refractivity contribution in [2.24, 2.45) is 0 Å². The molecule has 6 nitrogen and oxygen atoms in total. The highest BCUT2D eigenvalue weighted by Crippen LogP contribution is 2.34. The van der Waals surface area contributed by atoms with Gasteiger partial charge in [0.05, 0.1) is 10.5 Å². The molecule has 0 fully saturated rings. The van der Waals surface area contributed by atoms with Crippen molar-refractivity contribution in [1.29, 1.82) is 0 Å². The summed E-state index contributed by atoms with van der Waals surface area (Å²) in [5.74, 6) is -0.148. The number of amides is 1. The van der Waals surface area contributed by atoms with Crippen molar-refractivity contribution in [2.45, 2.75) is 25.4 Å². The summed E-state index contributed by atoms with van der Waals surface area (Å²) in [7, 11) is 0. The van der Waals surface area contributed by atoms with Crippen molar-refractivity contribution in [3.05, 3.63) is 69.8 Å². The Morgan fingerprint density at radius 2 is 1.82 bits per heavy atom. The summed E-state index contributed by atoms with van der Waals surface area (Å²) in [5.41, 5.74) is -0.757. The number of anilines is 1. The maximum absolute atomic E-state index is 12.7. The number of carbonyl (C=O) groups is 1. The fourth-order valence-corrected chi connectivity index (χ4v) is 2.66. The summed E-state index contributed by atoms with van der Waals surface area (Å²) in [4.78, 5) is 22.1. The molecule has 1 atom stereocenters. The maximum atomic E-state index is 12.7. The van der Waals surface area contributed by atoms with Crippen molar-refractivity contribution in [1.82, 2.24) is 5.32 Å². The average molecular weight is 395 g/mol. The van der Waals surface area contributed by atoms with Gasteiger partial charge in [-0.2, -0.15) is 13.2 Å². The molecule has 0 spiro atoms. The molecular weight excluding hydrogens is 375 g/mol. The van der Waals surface area contributed by atoms with E-state index in [0.717, 1.165) is 17.7 Å². The lowest BCUT2D eigenvalue weighted by molar-refractivity contribution is -0.384. The van der Waals surface area contributed by atoms with Gasteiger partial charge in [-0.1, -0.05) is 37.3 Å². The molecule has 28 heavy (non-hydrogen) atoms. The molecule has 150 valence electrons. The molecule has 0 unspecified atom stereocenters. The van der Waals surface area contributed by atoms with Crippen molar-refractivity contribution in [3.63, 3.8) is 0 Å². The quantitative estimate of drug-likeness (QED) is 0.396. The van der Waals surface area contributed by atoms with E-state index in [0.29, 0.717) is 6.07 Å². The van der Waals surface area contributed by atoms with Crippen LogP contribution >= 0.6 is 0 Å². The number of halogens is 3. The summed E-state index contributed by atoms with van der Waals surface area (Å²) >= 11 is 0. The van der Waals surface area contributed by atoms with E-state index in [2.05, 4.69) is 10.6 Å². The second-order valence-corrected chi connectivity index (χ2v) is 6.28. The van der Waals surface area contributed by atoms with Gasteiger partial charge in [-0.3, -0.25) is 14.9 Å². The third kappa shape index (κ3) is 5.97. The highest BCUT2D eigenvalue weighted by Gasteiger charge is 2.33. The van der Waals surface area contributed by atoms with E-state index < -0.39 is 22.4 Å². The van der Waals surface area contributed by atoms with Gasteiger partial charge in [-0.25, -0.2) is 0 Å². The summed E-state index contributed by atoms with van der Waals surface area (Å²) in [5, 5.41) is 16.4. The molecule has 2 aromatic rings. The van der Waals surface area contributed by atoms with E-state index in [-0.39, 0.29) is 37.0 Å². The fourth-order valence-electron chi connectivity index (χ4n) is 2.66. The van der Waals surface area contributed by atoms with Gasteiger partial charge in [-0.05, 0) is 23.6 Å². The van der Waals surface area contributed by atoms with Gasteiger partial charge < -0.3 is 10.6 Å². The van der Waals surface area contributed by atoms with Crippen LogP contribution in [0.5, 0.6) is 0 Å². The Bertz CT molecular complexity index is 826. The first kappa shape index (κ1) is 21.2. The second kappa shape index (κ2) is 9.20. The minimum absolute atomic E-state index is 0.0326. The molecule has 0 aromatic heterocycles. The molecule has 2 aromatic carbocycles. The van der Waals surface area contributed by atoms with Gasteiger partial charge in [0, 0.05) is 25.6 Å². The number of nitro groups is 1. The van der Waals surface area contributed by atoms with Crippen molar-refractivity contribution in [3.8, 4) is 0 Å². The van der Waals surface area contributed by atoms with Crippen LogP contribution in [-0.4, -0.2) is 23.9 Å². The number of hydrogen-bond donors (Lipinski definition) is 2. The van der Waals surface area contributed by atoms with Crippen LogP contribution in [-0.2, 0) is 11.0 Å². The second-order valence-electron chi connectivity index (χ2n) is 6.28. The van der Waals surface area contributed by atoms with Gasteiger partial charge in [0.1, 0.15) is 5.69 Å². The van der Waals surface area contributed by atoms with E-state index in [9.17, 15) is 28.1 Å². The van der Waals surface area contributed by atoms with Crippen LogP contribution in [0.4, 0.5) is 24.5 Å². The smallest absolute Gasteiger partial charge is 0.378 e. The van der Waals surface area contributed by atoms with E-state index in [1.54, 1.807) is 0 Å². The summed E-state index contributed by atoms with van der Waals surface area (Å²) in [6, 6.07) is 11.8. The van der Waals surface area contributed by atoms with Gasteiger partial charge in [0.2, 0.25) is 5.91 Å². The standard InChI is InChI=1S/C19H20F3N3O3/c1-13(14-5-3-2-4-6-14)11-18(26)24-10-9-23-16-8-7-15(19(20,21)22)12-17(16)25(27)28/h2-8,12-13,23H,9-11H2,1H3,(H,24,26)/t13-/m0/s1. The van der Waals surface area contributed by atoms with E-state index in [1.165, 1.54) is 0 Å². The van der Waals surface area contributed by atoms with Crippen LogP contribution in [0.2, 0.25) is 0 Å². The van der Waals surface area contributed by atoms with Crippen LogP contribution in [0, 0.1) is 10.1 Å². The molecule has 0 saturated carbocycles. The van der Waals surface area contributed by atoms with Crippen LogP contribution in [0.3, 0.4) is 0 Å². The zero-order valence-electron chi connectivity index (χ0n) is 15.1. The number of hydrogen-bond acceptors (Lipinski definition) is 4. The zero-order chi connectivity index (χ0) is 20.7. The number of nitrogens with one attached hydrogen (secondary N) is 2. The van der Waals surface area contributed by atoms with Gasteiger partial charge in [-0.15, -0.1) is 0 Å². The highest BCUT2D eigenvalue weighted by molar-refractivity contribution is 5.76. The first-order valence-electron chi connectivity index (χ1n) is 8.59. The monoisotopic (exact) mass is 395 g/mol. The number of carbonyl (C=O) groups excluding carboxylic acids is 1. The fraction of sp³-hybridized carbons (Fsp3) is 0.316. The number of benzene rings is 2. The van der Waals surface area contributed by atoms with Crippen molar-refractivity contribution >= 4 is 17.3 Å². The first-order valence-corrected chi connectivity index (χ1v) is 8.59. The molecule has 0 aliphatic rings. The van der Waals surface area contributed by atoms with E-state index in [1.807, 2.05) is 37.3 Å². The highest BCUT2D eigenvalue weighted by atomic mass is 19.4. The molecule has 9 heteroatoms. The SMILES string of the molecule is C[C@@H](CC(=O)NCCNc1ccc(C(F)(F)F)cc1[N+](=O)[O-])c1ccccc1. The summed E-state index contributed by atoms with van der Waals surface area (Å²) < 4.78 is 38.1. The minimum atomic E-state index is -4.66. The average Bonchev–Trinajstić information content (AvgIpc) is 2.65. The number of nitrogens with zero attached hydrogens (tertiary/aromatic N) is 1. The number of alkyl halides is 3. The van der Waals surface area contributed by atoms with Crippen molar-refractivity contribution in [2.75, 3.05) is 18.4 Å². The van der Waals surface area contributed by atoms with Gasteiger partial charge in [0.15, 0.2) is 0 Å². The summed E-state index contributed by atoms with van der Waals surface area (Å²) in [6.45, 7) is 2.24. The Kier molecular flexibility index (Phi) is 6.97. The lowest BCUT2D eigenvalue weighted by Crippen LogP contribution is -2.29. The van der Waals surface area contributed by atoms with E-state index in [4.69, 9.17) is 0 Å². The molecule has 1 amide bonds. The zero-order valence-corrected chi connectivity index (χ0v) is 15.1. The number of nitro benzene ring substituents is 1. The lowest BCUT2D eigenvalue weighted by Gasteiger charge is -2.13. The molecule has 0 aliphatic carbocycles. The molecule has 2 N–H and O–H groups in total. The van der Waals surface area contributed by atoms with Crippen LogP contribution in [0.1, 0.15) is 30.4 Å². The maximum Gasteiger partial charge on any atom is 0.416 e. The largest absolute Gasteiger partial charge is 0.416 e. The third-order valence-electron chi connectivity index (χ3n) is 4.14. The van der Waals surface area contributed by atoms with Gasteiger partial charge in [0.25, 0.3) is 5.69 Å². The molecule has 0 bridgehead atoms. The predicted octanol–water partition coefficient (Wildman–Crippen LogP) is 4.34. The third-order valence-corrected chi connectivity index (χ3v) is 4.14. The van der Waals surface area contributed by atoms with Crippen molar-refractivity contribution < 1.29 is 22.9 Å². The Hall–Kier alpha value is -3.10. The molecule has 2 rings (SSSR count). The molecule has 0 heterocycles. The minimum Gasteiger partial charge on any atom is -0.378 e. The Labute approximate surface area is 159 Å². The topological polar surface area (TPSA) is 84.3 Å². The molecule has 0 aliphatic heterocycles. The Morgan fingerprint density at radius 3 is 2.43 bits per heavy atom. The Balaban J connectivity index is 1.86. The van der Waals surface area contributed by atoms with E-state index >= 15 is 0 Å². The Morgan fingerprint density at radius 1 is 1.14 bits per heavy atom. The van der Waals surface area contributed by atoms with Crippen LogP contribution in [0.15, 0.2) is 48.5 Å². The molecule has 0 saturated heterocycles. The van der Waals surface area contributed by atoms with Crippen LogP contribution < -0.4 is 10.6 Å². The van der Waals surface area contributed by atoms with Gasteiger partial charge >= 0.3 is 6.18 Å². The summed E-state index contributed by atoms with van der Waals surface area (Å²) in [6.07, 6.45) is -4.38. The normalized spacial score (nSPS) is 12.3.